The highest BCUT2D eigenvalue weighted by Crippen LogP contribution is 2.23. The number of ether oxygens (including phenoxy) is 1. The van der Waals surface area contributed by atoms with Crippen molar-refractivity contribution >= 4 is 11.1 Å². The number of hydrogen-bond acceptors (Lipinski definition) is 4. The van der Waals surface area contributed by atoms with E-state index in [1.54, 1.807) is 7.11 Å². The molecular formula is C11H14N2O2. The zero-order valence-electron chi connectivity index (χ0n) is 9.07. The summed E-state index contributed by atoms with van der Waals surface area (Å²) in [5.41, 5.74) is 1.61. The highest BCUT2D eigenvalue weighted by Gasteiger charge is 2.11. The van der Waals surface area contributed by atoms with E-state index in [0.29, 0.717) is 5.89 Å². The largest absolute Gasteiger partial charge is 0.497 e. The van der Waals surface area contributed by atoms with Crippen LogP contribution in [0.2, 0.25) is 0 Å². The maximum Gasteiger partial charge on any atom is 0.212 e. The van der Waals surface area contributed by atoms with Gasteiger partial charge in [-0.15, -0.1) is 0 Å². The van der Waals surface area contributed by atoms with Crippen molar-refractivity contribution in [1.29, 1.82) is 0 Å². The van der Waals surface area contributed by atoms with E-state index in [0.717, 1.165) is 16.8 Å². The standard InChI is InChI=1S/C11H14N2O2/c1-7(12-2)11-13-9-6-8(14-3)4-5-10(9)15-11/h4-7,12H,1-3H3. The van der Waals surface area contributed by atoms with Gasteiger partial charge in [-0.3, -0.25) is 0 Å². The second-order valence-corrected chi connectivity index (χ2v) is 3.40. The Labute approximate surface area is 88.3 Å². The first-order chi connectivity index (χ1) is 7.24. The number of hydrogen-bond donors (Lipinski definition) is 1. The predicted molar refractivity (Wildman–Crippen MR) is 58.0 cm³/mol. The van der Waals surface area contributed by atoms with Crippen LogP contribution < -0.4 is 10.1 Å². The molecule has 1 heterocycles. The summed E-state index contributed by atoms with van der Waals surface area (Å²) in [7, 11) is 3.51. The topological polar surface area (TPSA) is 47.3 Å². The Morgan fingerprint density at radius 2 is 2.27 bits per heavy atom. The third kappa shape index (κ3) is 1.80. The predicted octanol–water partition coefficient (Wildman–Crippen LogP) is 2.12. The van der Waals surface area contributed by atoms with E-state index >= 15 is 0 Å². The van der Waals surface area contributed by atoms with Gasteiger partial charge in [0, 0.05) is 6.07 Å². The second-order valence-electron chi connectivity index (χ2n) is 3.40. The fourth-order valence-electron chi connectivity index (χ4n) is 1.36. The summed E-state index contributed by atoms with van der Waals surface area (Å²) in [6, 6.07) is 5.71. The van der Waals surface area contributed by atoms with Crippen LogP contribution in [0.5, 0.6) is 5.75 Å². The van der Waals surface area contributed by atoms with E-state index in [2.05, 4.69) is 10.3 Å². The summed E-state index contributed by atoms with van der Waals surface area (Å²) in [4.78, 5) is 4.38. The first kappa shape index (κ1) is 9.98. The van der Waals surface area contributed by atoms with Gasteiger partial charge in [-0.2, -0.15) is 0 Å². The maximum absolute atomic E-state index is 5.59. The molecule has 1 atom stereocenters. The minimum absolute atomic E-state index is 0.114. The van der Waals surface area contributed by atoms with Gasteiger partial charge in [0.25, 0.3) is 0 Å². The molecule has 0 radical (unpaired) electrons. The van der Waals surface area contributed by atoms with Gasteiger partial charge < -0.3 is 14.5 Å². The minimum atomic E-state index is 0.114. The molecule has 1 aromatic heterocycles. The van der Waals surface area contributed by atoms with Crippen LogP contribution in [0.3, 0.4) is 0 Å². The summed E-state index contributed by atoms with van der Waals surface area (Å²) in [5.74, 6) is 1.49. The third-order valence-corrected chi connectivity index (χ3v) is 2.41. The highest BCUT2D eigenvalue weighted by molar-refractivity contribution is 5.74. The fraction of sp³-hybridized carbons (Fsp3) is 0.364. The molecule has 0 spiro atoms. The van der Waals surface area contributed by atoms with Crippen molar-refractivity contribution in [3.8, 4) is 5.75 Å². The lowest BCUT2D eigenvalue weighted by atomic mass is 10.3. The summed E-state index contributed by atoms with van der Waals surface area (Å²) in [6.07, 6.45) is 0. The molecule has 4 nitrogen and oxygen atoms in total. The van der Waals surface area contributed by atoms with Gasteiger partial charge in [0.1, 0.15) is 11.3 Å². The van der Waals surface area contributed by atoms with Crippen molar-refractivity contribution < 1.29 is 9.15 Å². The van der Waals surface area contributed by atoms with Crippen LogP contribution in [-0.2, 0) is 0 Å². The van der Waals surface area contributed by atoms with Gasteiger partial charge >= 0.3 is 0 Å². The van der Waals surface area contributed by atoms with Crippen molar-refractivity contribution in [2.75, 3.05) is 14.2 Å². The van der Waals surface area contributed by atoms with Crippen LogP contribution in [0.25, 0.3) is 11.1 Å². The van der Waals surface area contributed by atoms with E-state index < -0.39 is 0 Å². The van der Waals surface area contributed by atoms with Crippen LogP contribution in [0.1, 0.15) is 18.9 Å². The Hall–Kier alpha value is -1.55. The molecule has 80 valence electrons. The maximum atomic E-state index is 5.59. The number of nitrogens with zero attached hydrogens (tertiary/aromatic N) is 1. The van der Waals surface area contributed by atoms with Gasteiger partial charge in [0.2, 0.25) is 5.89 Å². The molecule has 4 heteroatoms. The molecule has 0 aliphatic rings. The van der Waals surface area contributed by atoms with Gasteiger partial charge in [-0.05, 0) is 26.1 Å². The molecule has 0 aliphatic carbocycles. The summed E-state index contributed by atoms with van der Waals surface area (Å²) >= 11 is 0. The number of nitrogens with one attached hydrogen (secondary N) is 1. The van der Waals surface area contributed by atoms with E-state index in [1.807, 2.05) is 32.2 Å². The van der Waals surface area contributed by atoms with Crippen LogP contribution in [0, 0.1) is 0 Å². The lowest BCUT2D eigenvalue weighted by Gasteiger charge is -2.02. The molecule has 2 rings (SSSR count). The molecule has 1 N–H and O–H groups in total. The number of rotatable bonds is 3. The molecule has 1 aromatic carbocycles. The van der Waals surface area contributed by atoms with Crippen molar-refractivity contribution in [3.63, 3.8) is 0 Å². The Kier molecular flexibility index (Phi) is 2.60. The Balaban J connectivity index is 2.46. The molecule has 15 heavy (non-hydrogen) atoms. The average Bonchev–Trinajstić information content (AvgIpc) is 2.70. The van der Waals surface area contributed by atoms with Crippen LogP contribution >= 0.6 is 0 Å². The normalized spacial score (nSPS) is 13.0. The quantitative estimate of drug-likeness (QED) is 0.835. The van der Waals surface area contributed by atoms with Crippen molar-refractivity contribution in [2.24, 2.45) is 0 Å². The lowest BCUT2D eigenvalue weighted by Crippen LogP contribution is -2.12. The van der Waals surface area contributed by atoms with Crippen LogP contribution in [0.15, 0.2) is 22.6 Å². The van der Waals surface area contributed by atoms with Crippen molar-refractivity contribution in [3.05, 3.63) is 24.1 Å². The highest BCUT2D eigenvalue weighted by atomic mass is 16.5. The molecule has 0 saturated heterocycles. The third-order valence-electron chi connectivity index (χ3n) is 2.41. The minimum Gasteiger partial charge on any atom is -0.497 e. The Bertz CT molecular complexity index is 465. The molecule has 0 aliphatic heterocycles. The molecule has 2 aromatic rings. The van der Waals surface area contributed by atoms with Gasteiger partial charge in [0.15, 0.2) is 5.58 Å². The van der Waals surface area contributed by atoms with Crippen LogP contribution in [0.4, 0.5) is 0 Å². The monoisotopic (exact) mass is 206 g/mol. The summed E-state index contributed by atoms with van der Waals surface area (Å²) < 4.78 is 10.7. The van der Waals surface area contributed by atoms with Crippen LogP contribution in [-0.4, -0.2) is 19.1 Å². The van der Waals surface area contributed by atoms with Crippen molar-refractivity contribution in [1.82, 2.24) is 10.3 Å². The SMILES string of the molecule is CNC(C)c1nc2cc(OC)ccc2o1. The lowest BCUT2D eigenvalue weighted by molar-refractivity contribution is 0.415. The van der Waals surface area contributed by atoms with E-state index in [-0.39, 0.29) is 6.04 Å². The van der Waals surface area contributed by atoms with E-state index in [9.17, 15) is 0 Å². The first-order valence-corrected chi connectivity index (χ1v) is 4.86. The molecule has 0 saturated carbocycles. The number of benzene rings is 1. The summed E-state index contributed by atoms with van der Waals surface area (Å²) in [6.45, 7) is 2.00. The van der Waals surface area contributed by atoms with Gasteiger partial charge in [-0.25, -0.2) is 4.98 Å². The fourth-order valence-corrected chi connectivity index (χ4v) is 1.36. The zero-order chi connectivity index (χ0) is 10.8. The number of aromatic nitrogens is 1. The first-order valence-electron chi connectivity index (χ1n) is 4.86. The second kappa shape index (κ2) is 3.90. The molecular weight excluding hydrogens is 192 g/mol. The number of oxazole rings is 1. The Morgan fingerprint density at radius 1 is 1.47 bits per heavy atom. The van der Waals surface area contributed by atoms with Crippen molar-refractivity contribution in [2.45, 2.75) is 13.0 Å². The molecule has 1 unspecified atom stereocenters. The van der Waals surface area contributed by atoms with E-state index in [4.69, 9.17) is 9.15 Å². The molecule has 0 bridgehead atoms. The smallest absolute Gasteiger partial charge is 0.212 e. The molecule has 0 fully saturated rings. The summed E-state index contributed by atoms with van der Waals surface area (Å²) in [5, 5.41) is 3.08. The Morgan fingerprint density at radius 3 is 2.93 bits per heavy atom. The van der Waals surface area contributed by atoms with Gasteiger partial charge in [0.05, 0.1) is 13.2 Å². The zero-order valence-corrected chi connectivity index (χ0v) is 9.07. The van der Waals surface area contributed by atoms with Gasteiger partial charge in [-0.1, -0.05) is 0 Å². The molecule has 0 amide bonds. The number of fused-ring (bicyclic) bond motifs is 1. The number of methoxy groups -OCH3 is 1. The average molecular weight is 206 g/mol. The van der Waals surface area contributed by atoms with E-state index in [1.165, 1.54) is 0 Å².